The zero-order valence-corrected chi connectivity index (χ0v) is 14.4. The number of imide groups is 1. The minimum absolute atomic E-state index is 0.247. The molecule has 5 nitrogen and oxygen atoms in total. The normalized spacial score (nSPS) is 15.3. The fourth-order valence-electron chi connectivity index (χ4n) is 2.35. The molecule has 2 aromatic rings. The van der Waals surface area contributed by atoms with E-state index in [1.165, 1.54) is 4.90 Å². The van der Waals surface area contributed by atoms with Crippen LogP contribution in [0.4, 0.5) is 10.5 Å². The second-order valence-electron chi connectivity index (χ2n) is 6.59. The number of carbonyl (C=O) groups is 2. The Morgan fingerprint density at radius 3 is 2.74 bits per heavy atom. The topological polar surface area (TPSA) is 62.6 Å². The Morgan fingerprint density at radius 2 is 2.04 bits per heavy atom. The van der Waals surface area contributed by atoms with Gasteiger partial charge in [0, 0.05) is 23.9 Å². The van der Waals surface area contributed by atoms with Crippen LogP contribution in [0.5, 0.6) is 0 Å². The summed E-state index contributed by atoms with van der Waals surface area (Å²) in [5, 5.41) is 3.16. The Labute approximate surface area is 135 Å². The zero-order valence-electron chi connectivity index (χ0n) is 13.4. The number of hydrogen-bond donors (Lipinski definition) is 1. The van der Waals surface area contributed by atoms with Crippen molar-refractivity contribution in [3.05, 3.63) is 30.0 Å². The summed E-state index contributed by atoms with van der Waals surface area (Å²) in [7, 11) is -1.43. The van der Waals surface area contributed by atoms with Gasteiger partial charge in [-0.15, -0.1) is 5.54 Å². The molecule has 1 fully saturated rings. The van der Waals surface area contributed by atoms with Crippen LogP contribution in [0.25, 0.3) is 11.0 Å². The highest BCUT2D eigenvalue weighted by atomic mass is 28.3. The van der Waals surface area contributed by atoms with Gasteiger partial charge in [0.15, 0.2) is 0 Å². The summed E-state index contributed by atoms with van der Waals surface area (Å²) in [5.74, 6) is 2.95. The van der Waals surface area contributed by atoms with Crippen LogP contribution in [0.2, 0.25) is 19.6 Å². The molecule has 23 heavy (non-hydrogen) atoms. The molecule has 0 aliphatic carbocycles. The first kappa shape index (κ1) is 15.4. The van der Waals surface area contributed by atoms with Gasteiger partial charge in [-0.2, -0.15) is 0 Å². The summed E-state index contributed by atoms with van der Waals surface area (Å²) < 4.78 is 5.59. The van der Waals surface area contributed by atoms with Crippen molar-refractivity contribution in [3.8, 4) is 11.5 Å². The lowest BCUT2D eigenvalue weighted by molar-refractivity contribution is -0.120. The largest absolute Gasteiger partial charge is 0.462 e. The Balaban J connectivity index is 1.94. The Morgan fingerprint density at radius 1 is 1.26 bits per heavy atom. The fourth-order valence-corrected chi connectivity index (χ4v) is 2.87. The molecule has 2 heterocycles. The first-order valence-corrected chi connectivity index (χ1v) is 11.0. The lowest BCUT2D eigenvalue weighted by Gasteiger charge is -2.25. The molecule has 1 saturated heterocycles. The van der Waals surface area contributed by atoms with E-state index < -0.39 is 14.1 Å². The summed E-state index contributed by atoms with van der Waals surface area (Å²) in [6.07, 6.45) is 1.84. The lowest BCUT2D eigenvalue weighted by atomic mass is 10.1. The maximum absolute atomic E-state index is 12.0. The molecular weight excluding hydrogens is 308 g/mol. The van der Waals surface area contributed by atoms with Gasteiger partial charge in [-0.1, -0.05) is 25.6 Å². The second kappa shape index (κ2) is 5.59. The number of nitrogens with zero attached hydrogens (tertiary/aromatic N) is 1. The number of fused-ring (bicyclic) bond motifs is 1. The minimum Gasteiger partial charge on any atom is -0.462 e. The van der Waals surface area contributed by atoms with E-state index in [0.29, 0.717) is 17.8 Å². The SMILES string of the molecule is C[Si](C)(C)C#Cc1ccc2c(N3CCC(=O)NC3=O)coc2c1. The van der Waals surface area contributed by atoms with Gasteiger partial charge < -0.3 is 4.42 Å². The van der Waals surface area contributed by atoms with Crippen LogP contribution in [-0.4, -0.2) is 26.6 Å². The van der Waals surface area contributed by atoms with E-state index >= 15 is 0 Å². The predicted octanol–water partition coefficient (Wildman–Crippen LogP) is 3.11. The standard InChI is InChI=1S/C17H18N2O3Si/c1-23(2,3)9-7-12-4-5-13-14(11-22-15(13)10-12)19-8-6-16(20)18-17(19)21/h4-5,10-11H,6,8H2,1-3H3,(H,18,20,21). The second-order valence-corrected chi connectivity index (χ2v) is 11.3. The zero-order chi connectivity index (χ0) is 16.6. The van der Waals surface area contributed by atoms with Gasteiger partial charge in [0.05, 0.1) is 5.69 Å². The Kier molecular flexibility index (Phi) is 3.74. The number of urea groups is 1. The number of nitrogens with one attached hydrogen (secondary N) is 1. The number of hydrogen-bond acceptors (Lipinski definition) is 3. The van der Waals surface area contributed by atoms with Crippen LogP contribution in [0.1, 0.15) is 12.0 Å². The monoisotopic (exact) mass is 326 g/mol. The molecule has 3 amide bonds. The van der Waals surface area contributed by atoms with Crippen LogP contribution in [0.3, 0.4) is 0 Å². The first-order valence-electron chi connectivity index (χ1n) is 7.49. The quantitative estimate of drug-likeness (QED) is 0.647. The van der Waals surface area contributed by atoms with E-state index in [0.717, 1.165) is 10.9 Å². The van der Waals surface area contributed by atoms with Crippen molar-refractivity contribution in [3.63, 3.8) is 0 Å². The van der Waals surface area contributed by atoms with E-state index in [9.17, 15) is 9.59 Å². The number of furan rings is 1. The number of rotatable bonds is 1. The molecule has 6 heteroatoms. The van der Waals surface area contributed by atoms with Crippen LogP contribution in [-0.2, 0) is 4.79 Å². The predicted molar refractivity (Wildman–Crippen MR) is 91.9 cm³/mol. The molecule has 1 aliphatic heterocycles. The average Bonchev–Trinajstić information content (AvgIpc) is 2.87. The maximum atomic E-state index is 12.0. The van der Waals surface area contributed by atoms with Crippen molar-refractivity contribution in [2.24, 2.45) is 0 Å². The van der Waals surface area contributed by atoms with Gasteiger partial charge in [-0.25, -0.2) is 4.79 Å². The molecule has 0 saturated carbocycles. The molecule has 0 unspecified atom stereocenters. The van der Waals surface area contributed by atoms with Gasteiger partial charge in [-0.05, 0) is 18.2 Å². The molecule has 0 spiro atoms. The van der Waals surface area contributed by atoms with Crippen molar-refractivity contribution >= 4 is 36.7 Å². The van der Waals surface area contributed by atoms with E-state index in [4.69, 9.17) is 4.42 Å². The highest BCUT2D eigenvalue weighted by Crippen LogP contribution is 2.30. The molecule has 1 aromatic heterocycles. The van der Waals surface area contributed by atoms with Crippen molar-refractivity contribution in [1.29, 1.82) is 0 Å². The molecule has 1 aromatic carbocycles. The van der Waals surface area contributed by atoms with Crippen LogP contribution >= 0.6 is 0 Å². The summed E-state index contributed by atoms with van der Waals surface area (Å²) in [6, 6.07) is 5.32. The molecule has 0 radical (unpaired) electrons. The van der Waals surface area contributed by atoms with Crippen molar-refractivity contribution in [2.45, 2.75) is 26.1 Å². The average molecular weight is 326 g/mol. The van der Waals surface area contributed by atoms with Crippen molar-refractivity contribution < 1.29 is 14.0 Å². The lowest BCUT2D eigenvalue weighted by Crippen LogP contribution is -2.49. The molecule has 0 bridgehead atoms. The highest BCUT2D eigenvalue weighted by Gasteiger charge is 2.26. The van der Waals surface area contributed by atoms with E-state index in [2.05, 4.69) is 36.4 Å². The number of anilines is 1. The van der Waals surface area contributed by atoms with E-state index in [-0.39, 0.29) is 12.3 Å². The van der Waals surface area contributed by atoms with Gasteiger partial charge in [0.1, 0.15) is 19.9 Å². The maximum Gasteiger partial charge on any atom is 0.328 e. The number of benzene rings is 1. The number of amides is 3. The molecule has 0 atom stereocenters. The third-order valence-corrected chi connectivity index (χ3v) is 4.36. The summed E-state index contributed by atoms with van der Waals surface area (Å²) in [5.41, 5.74) is 5.58. The third-order valence-electron chi connectivity index (χ3n) is 3.48. The molecule has 118 valence electrons. The van der Waals surface area contributed by atoms with Gasteiger partial charge in [0.25, 0.3) is 0 Å². The van der Waals surface area contributed by atoms with Crippen LogP contribution in [0, 0.1) is 11.5 Å². The van der Waals surface area contributed by atoms with Crippen LogP contribution in [0.15, 0.2) is 28.9 Å². The van der Waals surface area contributed by atoms with E-state index in [1.54, 1.807) is 6.26 Å². The third kappa shape index (κ3) is 3.30. The van der Waals surface area contributed by atoms with Gasteiger partial charge in [-0.3, -0.25) is 15.0 Å². The van der Waals surface area contributed by atoms with Gasteiger partial charge >= 0.3 is 6.03 Å². The Hall–Kier alpha value is -2.52. The smallest absolute Gasteiger partial charge is 0.328 e. The van der Waals surface area contributed by atoms with Crippen LogP contribution < -0.4 is 10.2 Å². The highest BCUT2D eigenvalue weighted by molar-refractivity contribution is 6.83. The fraction of sp³-hybridized carbons (Fsp3) is 0.294. The summed E-state index contributed by atoms with van der Waals surface area (Å²) in [6.45, 7) is 6.94. The Bertz CT molecular complexity index is 852. The first-order chi connectivity index (χ1) is 10.8. The van der Waals surface area contributed by atoms with Crippen molar-refractivity contribution in [2.75, 3.05) is 11.4 Å². The van der Waals surface area contributed by atoms with Crippen molar-refractivity contribution in [1.82, 2.24) is 5.32 Å². The molecule has 3 rings (SSSR count). The minimum atomic E-state index is -1.43. The molecule has 1 aliphatic rings. The summed E-state index contributed by atoms with van der Waals surface area (Å²) >= 11 is 0. The number of carbonyl (C=O) groups excluding carboxylic acids is 2. The van der Waals surface area contributed by atoms with E-state index in [1.807, 2.05) is 18.2 Å². The molecular formula is C17H18N2O3Si. The van der Waals surface area contributed by atoms with Gasteiger partial charge in [0.2, 0.25) is 5.91 Å². The summed E-state index contributed by atoms with van der Waals surface area (Å²) in [4.78, 5) is 24.7. The molecule has 1 N–H and O–H groups in total.